The quantitative estimate of drug-likeness (QED) is 0.610. The van der Waals surface area contributed by atoms with Crippen LogP contribution in [-0.2, 0) is 0 Å². The summed E-state index contributed by atoms with van der Waals surface area (Å²) in [6.07, 6.45) is -2.28. The third-order valence-corrected chi connectivity index (χ3v) is 0.879. The van der Waals surface area contributed by atoms with Gasteiger partial charge in [0, 0.05) is 11.9 Å². The highest BCUT2D eigenvalue weighted by atomic mass is 35.5. The Morgan fingerprint density at radius 2 is 2.00 bits per heavy atom. The second-order valence-corrected chi connectivity index (χ2v) is 2.58. The van der Waals surface area contributed by atoms with Crippen LogP contribution >= 0.6 is 11.6 Å². The lowest BCUT2D eigenvalue weighted by Gasteiger charge is -2.03. The minimum absolute atomic E-state index is 0.0799. The average Bonchev–Trinajstić information content (AvgIpc) is 1.63. The van der Waals surface area contributed by atoms with Crippen molar-refractivity contribution >= 4 is 11.6 Å². The lowest BCUT2D eigenvalue weighted by atomic mass is 10.4. The van der Waals surface area contributed by atoms with E-state index in [2.05, 4.69) is 5.32 Å². The third kappa shape index (κ3) is 8.11. The summed E-state index contributed by atoms with van der Waals surface area (Å²) in [4.78, 5) is 0. The van der Waals surface area contributed by atoms with E-state index < -0.39 is 6.43 Å². The summed E-state index contributed by atoms with van der Waals surface area (Å²) in [6.45, 7) is 1.92. The maximum atomic E-state index is 11.4. The zero-order valence-corrected chi connectivity index (χ0v) is 5.96. The van der Waals surface area contributed by atoms with E-state index in [4.69, 9.17) is 11.6 Å². The zero-order chi connectivity index (χ0) is 7.28. The van der Waals surface area contributed by atoms with Crippen LogP contribution in [0.1, 0.15) is 6.92 Å². The molecule has 56 valence electrons. The summed E-state index contributed by atoms with van der Waals surface area (Å²) in [5.74, 6) is 0. The van der Waals surface area contributed by atoms with Gasteiger partial charge in [0.1, 0.15) is 0 Å². The Hall–Kier alpha value is 0.110. The Balaban J connectivity index is 2.91. The number of rotatable bonds is 4. The van der Waals surface area contributed by atoms with Gasteiger partial charge >= 0.3 is 0 Å². The van der Waals surface area contributed by atoms with Crippen molar-refractivity contribution in [3.8, 4) is 0 Å². The molecule has 0 saturated carbocycles. The van der Waals surface area contributed by atoms with Crippen LogP contribution in [-0.4, -0.2) is 24.9 Å². The average molecular weight is 158 g/mol. The Morgan fingerprint density at radius 1 is 1.44 bits per heavy atom. The molecule has 0 aliphatic carbocycles. The molecule has 0 spiro atoms. The Bertz CT molecular complexity index is 60.0. The molecule has 0 bridgehead atoms. The monoisotopic (exact) mass is 157 g/mol. The Kier molecular flexibility index (Phi) is 5.00. The molecule has 0 heterocycles. The maximum absolute atomic E-state index is 11.4. The van der Waals surface area contributed by atoms with E-state index in [-0.39, 0.29) is 11.9 Å². The summed E-state index contributed by atoms with van der Waals surface area (Å²) in [6, 6.07) is 0. The fourth-order valence-electron chi connectivity index (χ4n) is 0.391. The molecule has 0 aromatic heterocycles. The van der Waals surface area contributed by atoms with Gasteiger partial charge in [-0.15, -0.1) is 11.6 Å². The standard InChI is InChI=1S/C5H10ClF2N/c1-4(6)2-9-3-5(7)8/h4-5,9H,2-3H2,1H3. The zero-order valence-electron chi connectivity index (χ0n) is 5.20. The van der Waals surface area contributed by atoms with Gasteiger partial charge in [0.25, 0.3) is 6.43 Å². The van der Waals surface area contributed by atoms with Crippen LogP contribution in [0.5, 0.6) is 0 Å². The molecule has 1 atom stereocenters. The third-order valence-electron chi connectivity index (χ3n) is 0.724. The molecule has 0 rings (SSSR count). The minimum Gasteiger partial charge on any atom is -0.310 e. The molecule has 1 nitrogen and oxygen atoms in total. The van der Waals surface area contributed by atoms with Crippen LogP contribution in [0.2, 0.25) is 0 Å². The van der Waals surface area contributed by atoms with Crippen LogP contribution in [0.4, 0.5) is 8.78 Å². The fourth-order valence-corrected chi connectivity index (χ4v) is 0.500. The van der Waals surface area contributed by atoms with Crippen molar-refractivity contribution in [2.24, 2.45) is 0 Å². The van der Waals surface area contributed by atoms with Gasteiger partial charge in [-0.1, -0.05) is 0 Å². The molecule has 9 heavy (non-hydrogen) atoms. The number of nitrogens with one attached hydrogen (secondary N) is 1. The number of halogens is 3. The fraction of sp³-hybridized carbons (Fsp3) is 1.00. The largest absolute Gasteiger partial charge is 0.310 e. The highest BCUT2D eigenvalue weighted by Crippen LogP contribution is 1.91. The maximum Gasteiger partial charge on any atom is 0.250 e. The van der Waals surface area contributed by atoms with Gasteiger partial charge in [0.05, 0.1) is 6.54 Å². The molecular weight excluding hydrogens is 148 g/mol. The molecule has 0 saturated heterocycles. The van der Waals surface area contributed by atoms with Gasteiger partial charge in [0.2, 0.25) is 0 Å². The smallest absolute Gasteiger partial charge is 0.250 e. The van der Waals surface area contributed by atoms with E-state index in [1.807, 2.05) is 0 Å². The summed E-state index contributed by atoms with van der Waals surface area (Å²) >= 11 is 5.45. The Morgan fingerprint density at radius 3 is 2.33 bits per heavy atom. The molecule has 0 amide bonds. The van der Waals surface area contributed by atoms with E-state index in [9.17, 15) is 8.78 Å². The van der Waals surface area contributed by atoms with Crippen LogP contribution < -0.4 is 5.32 Å². The van der Waals surface area contributed by atoms with E-state index in [1.165, 1.54) is 0 Å². The van der Waals surface area contributed by atoms with Crippen molar-refractivity contribution in [1.82, 2.24) is 5.32 Å². The van der Waals surface area contributed by atoms with Crippen molar-refractivity contribution in [2.45, 2.75) is 18.7 Å². The molecule has 0 fully saturated rings. The Labute approximate surface area is 58.4 Å². The van der Waals surface area contributed by atoms with Crippen LogP contribution in [0, 0.1) is 0 Å². The first-order valence-electron chi connectivity index (χ1n) is 2.76. The first-order chi connectivity index (χ1) is 4.13. The van der Waals surface area contributed by atoms with Crippen molar-refractivity contribution in [3.63, 3.8) is 0 Å². The molecule has 0 aromatic carbocycles. The van der Waals surface area contributed by atoms with Gasteiger partial charge in [-0.05, 0) is 6.92 Å². The van der Waals surface area contributed by atoms with Crippen molar-refractivity contribution in [3.05, 3.63) is 0 Å². The van der Waals surface area contributed by atoms with Crippen LogP contribution in [0.25, 0.3) is 0 Å². The summed E-state index contributed by atoms with van der Waals surface area (Å²) in [7, 11) is 0. The highest BCUT2D eigenvalue weighted by molar-refractivity contribution is 6.20. The molecule has 0 aliphatic rings. The summed E-state index contributed by atoms with van der Waals surface area (Å²) in [5, 5.41) is 2.42. The SMILES string of the molecule is CC(Cl)CNCC(F)F. The van der Waals surface area contributed by atoms with E-state index >= 15 is 0 Å². The van der Waals surface area contributed by atoms with Crippen molar-refractivity contribution < 1.29 is 8.78 Å². The first kappa shape index (κ1) is 9.11. The first-order valence-corrected chi connectivity index (χ1v) is 3.19. The normalized spacial score (nSPS) is 14.3. The summed E-state index contributed by atoms with van der Waals surface area (Å²) in [5.41, 5.74) is 0. The number of hydrogen-bond acceptors (Lipinski definition) is 1. The molecule has 1 N–H and O–H groups in total. The van der Waals surface area contributed by atoms with Gasteiger partial charge < -0.3 is 5.32 Å². The number of hydrogen-bond donors (Lipinski definition) is 1. The van der Waals surface area contributed by atoms with Crippen molar-refractivity contribution in [2.75, 3.05) is 13.1 Å². The molecular formula is C5H10ClF2N. The van der Waals surface area contributed by atoms with E-state index in [0.29, 0.717) is 6.54 Å². The van der Waals surface area contributed by atoms with Gasteiger partial charge in [-0.2, -0.15) is 0 Å². The van der Waals surface area contributed by atoms with Gasteiger partial charge in [-0.3, -0.25) is 0 Å². The molecule has 0 aliphatic heterocycles. The molecule has 1 unspecified atom stereocenters. The lowest BCUT2D eigenvalue weighted by molar-refractivity contribution is 0.146. The minimum atomic E-state index is -2.28. The molecule has 0 radical (unpaired) electrons. The second-order valence-electron chi connectivity index (χ2n) is 1.83. The second kappa shape index (κ2) is 4.94. The predicted molar refractivity (Wildman–Crippen MR) is 34.2 cm³/mol. The van der Waals surface area contributed by atoms with Gasteiger partial charge in [0.15, 0.2) is 0 Å². The van der Waals surface area contributed by atoms with Crippen LogP contribution in [0.15, 0.2) is 0 Å². The predicted octanol–water partition coefficient (Wildman–Crippen LogP) is 1.47. The highest BCUT2D eigenvalue weighted by Gasteiger charge is 2.01. The molecule has 4 heteroatoms. The summed E-state index contributed by atoms with van der Waals surface area (Å²) < 4.78 is 22.8. The van der Waals surface area contributed by atoms with Crippen molar-refractivity contribution in [1.29, 1.82) is 0 Å². The van der Waals surface area contributed by atoms with Crippen LogP contribution in [0.3, 0.4) is 0 Å². The molecule has 0 aromatic rings. The topological polar surface area (TPSA) is 12.0 Å². The van der Waals surface area contributed by atoms with Gasteiger partial charge in [-0.25, -0.2) is 8.78 Å². The van der Waals surface area contributed by atoms with E-state index in [0.717, 1.165) is 0 Å². The van der Waals surface area contributed by atoms with E-state index in [1.54, 1.807) is 6.92 Å². The lowest BCUT2D eigenvalue weighted by Crippen LogP contribution is -2.26. The number of alkyl halides is 3.